The normalized spacial score (nSPS) is 21.5. The van der Waals surface area contributed by atoms with Gasteiger partial charge in [-0.2, -0.15) is 0 Å². The standard InChI is InChI=1S/C17H26N2O3/c1-2-3-11-22-16-14(5-4-10-18-16)12-19-15-8-6-13(7-9-15)17(20)21/h4-5,10,13,15,19H,2-3,6-9,11-12H2,1H3,(H,20,21). The second-order valence-electron chi connectivity index (χ2n) is 5.94. The third kappa shape index (κ3) is 4.98. The predicted octanol–water partition coefficient (Wildman–Crippen LogP) is 2.99. The van der Waals surface area contributed by atoms with Gasteiger partial charge in [0.25, 0.3) is 0 Å². The van der Waals surface area contributed by atoms with Crippen LogP contribution in [0.5, 0.6) is 5.88 Å². The van der Waals surface area contributed by atoms with Crippen LogP contribution < -0.4 is 10.1 Å². The fourth-order valence-corrected chi connectivity index (χ4v) is 2.80. The molecule has 2 rings (SSSR count). The molecule has 2 N–H and O–H groups in total. The summed E-state index contributed by atoms with van der Waals surface area (Å²) < 4.78 is 5.74. The van der Waals surface area contributed by atoms with Gasteiger partial charge in [0.15, 0.2) is 0 Å². The molecule has 22 heavy (non-hydrogen) atoms. The van der Waals surface area contributed by atoms with Crippen molar-refractivity contribution >= 4 is 5.97 Å². The largest absolute Gasteiger partial charge is 0.481 e. The van der Waals surface area contributed by atoms with Crippen molar-refractivity contribution in [1.29, 1.82) is 0 Å². The lowest BCUT2D eigenvalue weighted by molar-refractivity contribution is -0.142. The van der Waals surface area contributed by atoms with Crippen LogP contribution in [0.25, 0.3) is 0 Å². The first-order valence-electron chi connectivity index (χ1n) is 8.23. The number of nitrogens with zero attached hydrogens (tertiary/aromatic N) is 1. The van der Waals surface area contributed by atoms with E-state index in [1.165, 1.54) is 0 Å². The summed E-state index contributed by atoms with van der Waals surface area (Å²) in [7, 11) is 0. The lowest BCUT2D eigenvalue weighted by Gasteiger charge is -2.27. The molecule has 0 bridgehead atoms. The average molecular weight is 306 g/mol. The first kappa shape index (κ1) is 16.7. The molecule has 1 aliphatic rings. The Morgan fingerprint density at radius 1 is 1.41 bits per heavy atom. The number of unbranched alkanes of at least 4 members (excludes halogenated alkanes) is 1. The minimum Gasteiger partial charge on any atom is -0.481 e. The van der Waals surface area contributed by atoms with Gasteiger partial charge in [-0.1, -0.05) is 19.4 Å². The van der Waals surface area contributed by atoms with E-state index in [2.05, 4.69) is 17.2 Å². The van der Waals surface area contributed by atoms with Crippen LogP contribution in [0, 0.1) is 5.92 Å². The number of aliphatic carboxylic acids is 1. The highest BCUT2D eigenvalue weighted by Gasteiger charge is 2.25. The Bertz CT molecular complexity index is 471. The minimum atomic E-state index is -0.655. The SMILES string of the molecule is CCCCOc1ncccc1CNC1CCC(C(=O)O)CC1. The van der Waals surface area contributed by atoms with Crippen molar-refractivity contribution in [2.75, 3.05) is 6.61 Å². The van der Waals surface area contributed by atoms with E-state index in [-0.39, 0.29) is 5.92 Å². The van der Waals surface area contributed by atoms with Gasteiger partial charge in [-0.25, -0.2) is 4.98 Å². The number of hydrogen-bond acceptors (Lipinski definition) is 4. The molecular formula is C17H26N2O3. The Kier molecular flexibility index (Phi) is 6.65. The molecule has 5 heteroatoms. The van der Waals surface area contributed by atoms with Gasteiger partial charge in [0.2, 0.25) is 5.88 Å². The molecule has 0 saturated heterocycles. The molecule has 0 aliphatic heterocycles. The van der Waals surface area contributed by atoms with E-state index in [4.69, 9.17) is 9.84 Å². The van der Waals surface area contributed by atoms with Gasteiger partial charge in [0.05, 0.1) is 12.5 Å². The van der Waals surface area contributed by atoms with Crippen LogP contribution in [-0.4, -0.2) is 28.7 Å². The van der Waals surface area contributed by atoms with Crippen molar-refractivity contribution in [2.45, 2.75) is 58.0 Å². The quantitative estimate of drug-likeness (QED) is 0.722. The molecule has 1 fully saturated rings. The van der Waals surface area contributed by atoms with Crippen molar-refractivity contribution in [3.63, 3.8) is 0 Å². The van der Waals surface area contributed by atoms with E-state index in [0.717, 1.165) is 50.6 Å². The Hall–Kier alpha value is -1.62. The fraction of sp³-hybridized carbons (Fsp3) is 0.647. The number of ether oxygens (including phenoxy) is 1. The van der Waals surface area contributed by atoms with Crippen molar-refractivity contribution in [2.24, 2.45) is 5.92 Å². The molecule has 1 aliphatic carbocycles. The average Bonchev–Trinajstić information content (AvgIpc) is 2.54. The van der Waals surface area contributed by atoms with E-state index < -0.39 is 5.97 Å². The van der Waals surface area contributed by atoms with Crippen molar-refractivity contribution in [3.8, 4) is 5.88 Å². The van der Waals surface area contributed by atoms with E-state index >= 15 is 0 Å². The molecule has 1 aromatic rings. The van der Waals surface area contributed by atoms with Crippen LogP contribution in [-0.2, 0) is 11.3 Å². The van der Waals surface area contributed by atoms with E-state index in [0.29, 0.717) is 18.5 Å². The minimum absolute atomic E-state index is 0.163. The van der Waals surface area contributed by atoms with Crippen LogP contribution in [0.15, 0.2) is 18.3 Å². The monoisotopic (exact) mass is 306 g/mol. The Morgan fingerprint density at radius 2 is 2.18 bits per heavy atom. The summed E-state index contributed by atoms with van der Waals surface area (Å²) in [6.45, 7) is 3.56. The molecule has 5 nitrogen and oxygen atoms in total. The summed E-state index contributed by atoms with van der Waals surface area (Å²) in [5.41, 5.74) is 1.07. The maximum absolute atomic E-state index is 11.0. The van der Waals surface area contributed by atoms with Crippen LogP contribution in [0.4, 0.5) is 0 Å². The Morgan fingerprint density at radius 3 is 2.86 bits per heavy atom. The zero-order valence-electron chi connectivity index (χ0n) is 13.3. The third-order valence-electron chi connectivity index (χ3n) is 4.24. The van der Waals surface area contributed by atoms with E-state index in [1.807, 2.05) is 12.1 Å². The number of aromatic nitrogens is 1. The first-order valence-corrected chi connectivity index (χ1v) is 8.23. The Balaban J connectivity index is 1.80. The summed E-state index contributed by atoms with van der Waals surface area (Å²) in [4.78, 5) is 15.3. The second-order valence-corrected chi connectivity index (χ2v) is 5.94. The van der Waals surface area contributed by atoms with Gasteiger partial charge in [0, 0.05) is 24.3 Å². The van der Waals surface area contributed by atoms with Gasteiger partial charge in [0.1, 0.15) is 0 Å². The van der Waals surface area contributed by atoms with Crippen molar-refractivity contribution < 1.29 is 14.6 Å². The highest BCUT2D eigenvalue weighted by Crippen LogP contribution is 2.25. The van der Waals surface area contributed by atoms with E-state index in [9.17, 15) is 4.79 Å². The molecule has 1 aromatic heterocycles. The van der Waals surface area contributed by atoms with Crippen molar-refractivity contribution in [3.05, 3.63) is 23.9 Å². The lowest BCUT2D eigenvalue weighted by atomic mass is 9.86. The van der Waals surface area contributed by atoms with Gasteiger partial charge < -0.3 is 15.2 Å². The molecule has 0 radical (unpaired) electrons. The molecule has 0 unspecified atom stereocenters. The van der Waals surface area contributed by atoms with Crippen LogP contribution in [0.3, 0.4) is 0 Å². The smallest absolute Gasteiger partial charge is 0.306 e. The summed E-state index contributed by atoms with van der Waals surface area (Å²) in [6, 6.07) is 4.34. The number of carbonyl (C=O) groups is 1. The summed E-state index contributed by atoms with van der Waals surface area (Å²) in [5.74, 6) is -0.107. The molecule has 0 spiro atoms. The van der Waals surface area contributed by atoms with Crippen LogP contribution in [0.1, 0.15) is 51.0 Å². The number of hydrogen-bond donors (Lipinski definition) is 2. The molecule has 0 atom stereocenters. The second kappa shape index (κ2) is 8.73. The molecule has 0 aromatic carbocycles. The molecule has 1 heterocycles. The number of carboxylic acid groups (broad SMARTS) is 1. The number of nitrogens with one attached hydrogen (secondary N) is 1. The lowest BCUT2D eigenvalue weighted by Crippen LogP contribution is -2.34. The first-order chi connectivity index (χ1) is 10.7. The zero-order chi connectivity index (χ0) is 15.8. The maximum atomic E-state index is 11.0. The molecule has 1 saturated carbocycles. The molecular weight excluding hydrogens is 280 g/mol. The highest BCUT2D eigenvalue weighted by atomic mass is 16.5. The fourth-order valence-electron chi connectivity index (χ4n) is 2.80. The van der Waals surface area contributed by atoms with Crippen molar-refractivity contribution in [1.82, 2.24) is 10.3 Å². The third-order valence-corrected chi connectivity index (χ3v) is 4.24. The van der Waals surface area contributed by atoms with Gasteiger partial charge >= 0.3 is 5.97 Å². The Labute approximate surface area is 132 Å². The molecule has 0 amide bonds. The number of rotatable bonds is 8. The van der Waals surface area contributed by atoms with Crippen LogP contribution in [0.2, 0.25) is 0 Å². The zero-order valence-corrected chi connectivity index (χ0v) is 13.3. The topological polar surface area (TPSA) is 71.5 Å². The predicted molar refractivity (Wildman–Crippen MR) is 84.9 cm³/mol. The number of pyridine rings is 1. The summed E-state index contributed by atoms with van der Waals surface area (Å²) >= 11 is 0. The summed E-state index contributed by atoms with van der Waals surface area (Å²) in [6.07, 6.45) is 7.25. The maximum Gasteiger partial charge on any atom is 0.306 e. The molecule has 122 valence electrons. The van der Waals surface area contributed by atoms with Gasteiger partial charge in [-0.05, 0) is 38.2 Å². The van der Waals surface area contributed by atoms with E-state index in [1.54, 1.807) is 6.20 Å². The van der Waals surface area contributed by atoms with Gasteiger partial charge in [-0.15, -0.1) is 0 Å². The highest BCUT2D eigenvalue weighted by molar-refractivity contribution is 5.70. The number of carboxylic acids is 1. The van der Waals surface area contributed by atoms with Gasteiger partial charge in [-0.3, -0.25) is 4.79 Å². The van der Waals surface area contributed by atoms with Crippen LogP contribution >= 0.6 is 0 Å². The summed E-state index contributed by atoms with van der Waals surface area (Å²) in [5, 5.41) is 12.5.